The van der Waals surface area contributed by atoms with Gasteiger partial charge in [0.05, 0.1) is 5.25 Å². The molecule has 0 spiro atoms. The first-order chi connectivity index (χ1) is 10.6. The minimum atomic E-state index is -0.0924. The van der Waals surface area contributed by atoms with Gasteiger partial charge in [0.1, 0.15) is 0 Å². The highest BCUT2D eigenvalue weighted by molar-refractivity contribution is 8.00. The molecular formula is C18H20ClNOS. The second-order valence-corrected chi connectivity index (χ2v) is 6.83. The SMILES string of the molecule is CCC(Sc1ccc(Cl)cc1)C(=O)NCc1ccccc1C. The van der Waals surface area contributed by atoms with Crippen LogP contribution in [-0.2, 0) is 11.3 Å². The maximum absolute atomic E-state index is 12.4. The zero-order chi connectivity index (χ0) is 15.9. The molecule has 2 aromatic rings. The number of hydrogen-bond acceptors (Lipinski definition) is 2. The molecule has 0 aliphatic heterocycles. The highest BCUT2D eigenvalue weighted by atomic mass is 35.5. The van der Waals surface area contributed by atoms with Crippen LogP contribution in [-0.4, -0.2) is 11.2 Å². The van der Waals surface area contributed by atoms with Gasteiger partial charge in [-0.25, -0.2) is 0 Å². The fourth-order valence-corrected chi connectivity index (χ4v) is 3.21. The number of aryl methyl sites for hydroxylation is 1. The third-order valence-corrected chi connectivity index (χ3v) is 5.10. The predicted octanol–water partition coefficient (Wildman–Crippen LogP) is 4.84. The summed E-state index contributed by atoms with van der Waals surface area (Å²) < 4.78 is 0. The number of halogens is 1. The van der Waals surface area contributed by atoms with Crippen molar-refractivity contribution in [2.75, 3.05) is 0 Å². The zero-order valence-corrected chi connectivity index (χ0v) is 14.4. The number of amides is 1. The Labute approximate surface area is 141 Å². The van der Waals surface area contributed by atoms with E-state index in [2.05, 4.69) is 18.3 Å². The topological polar surface area (TPSA) is 29.1 Å². The molecule has 2 rings (SSSR count). The van der Waals surface area contributed by atoms with Crippen molar-refractivity contribution < 1.29 is 4.79 Å². The van der Waals surface area contributed by atoms with Crippen LogP contribution in [0.15, 0.2) is 53.4 Å². The van der Waals surface area contributed by atoms with Crippen LogP contribution in [0.1, 0.15) is 24.5 Å². The second kappa shape index (κ2) is 8.25. The number of hydrogen-bond donors (Lipinski definition) is 1. The van der Waals surface area contributed by atoms with E-state index < -0.39 is 0 Å². The van der Waals surface area contributed by atoms with Crippen LogP contribution in [0.4, 0.5) is 0 Å². The maximum Gasteiger partial charge on any atom is 0.233 e. The molecule has 1 N–H and O–H groups in total. The van der Waals surface area contributed by atoms with E-state index in [-0.39, 0.29) is 11.2 Å². The molecule has 1 atom stereocenters. The average molecular weight is 334 g/mol. The van der Waals surface area contributed by atoms with Crippen LogP contribution in [0.2, 0.25) is 5.02 Å². The standard InChI is InChI=1S/C18H20ClNOS/c1-3-17(22-16-10-8-15(19)9-11-16)18(21)20-12-14-7-5-4-6-13(14)2/h4-11,17H,3,12H2,1-2H3,(H,20,21). The van der Waals surface area contributed by atoms with Crippen LogP contribution in [0.3, 0.4) is 0 Å². The van der Waals surface area contributed by atoms with E-state index in [1.807, 2.05) is 49.4 Å². The Morgan fingerprint density at radius 3 is 2.50 bits per heavy atom. The smallest absolute Gasteiger partial charge is 0.233 e. The molecule has 0 radical (unpaired) electrons. The van der Waals surface area contributed by atoms with Crippen molar-refractivity contribution in [2.45, 2.75) is 37.0 Å². The van der Waals surface area contributed by atoms with Crippen LogP contribution in [0, 0.1) is 6.92 Å². The summed E-state index contributed by atoms with van der Waals surface area (Å²) in [6.45, 7) is 4.66. The van der Waals surface area contributed by atoms with E-state index in [9.17, 15) is 4.79 Å². The van der Waals surface area contributed by atoms with E-state index in [0.717, 1.165) is 16.9 Å². The Hall–Kier alpha value is -1.45. The Balaban J connectivity index is 1.94. The molecule has 0 heterocycles. The highest BCUT2D eigenvalue weighted by Crippen LogP contribution is 2.26. The second-order valence-electron chi connectivity index (χ2n) is 5.11. The third kappa shape index (κ3) is 4.79. The molecule has 0 aliphatic rings. The van der Waals surface area contributed by atoms with E-state index >= 15 is 0 Å². The van der Waals surface area contributed by atoms with Crippen molar-refractivity contribution in [3.63, 3.8) is 0 Å². The van der Waals surface area contributed by atoms with Gasteiger partial charge in [0.25, 0.3) is 0 Å². The molecule has 2 aromatic carbocycles. The summed E-state index contributed by atoms with van der Waals surface area (Å²) in [7, 11) is 0. The van der Waals surface area contributed by atoms with E-state index in [1.165, 1.54) is 5.56 Å². The first kappa shape index (κ1) is 16.9. The summed E-state index contributed by atoms with van der Waals surface area (Å²) in [5.41, 5.74) is 2.35. The zero-order valence-electron chi connectivity index (χ0n) is 12.8. The van der Waals surface area contributed by atoms with Gasteiger partial charge in [0.15, 0.2) is 0 Å². The van der Waals surface area contributed by atoms with E-state index in [1.54, 1.807) is 11.8 Å². The molecule has 2 nitrogen and oxygen atoms in total. The van der Waals surface area contributed by atoms with Crippen molar-refractivity contribution >= 4 is 29.3 Å². The molecule has 0 aliphatic carbocycles. The molecular weight excluding hydrogens is 314 g/mol. The van der Waals surface area contributed by atoms with Gasteiger partial charge in [0, 0.05) is 16.5 Å². The van der Waals surface area contributed by atoms with Gasteiger partial charge in [0.2, 0.25) is 5.91 Å². The molecule has 1 amide bonds. The minimum absolute atomic E-state index is 0.0747. The summed E-state index contributed by atoms with van der Waals surface area (Å²) in [6, 6.07) is 15.7. The first-order valence-electron chi connectivity index (χ1n) is 7.34. The maximum atomic E-state index is 12.4. The van der Waals surface area contributed by atoms with Gasteiger partial charge in [-0.15, -0.1) is 11.8 Å². The summed E-state index contributed by atoms with van der Waals surface area (Å²) in [5, 5.41) is 3.65. The lowest BCUT2D eigenvalue weighted by Crippen LogP contribution is -2.32. The normalized spacial score (nSPS) is 12.0. The fourth-order valence-electron chi connectivity index (χ4n) is 2.10. The summed E-state index contributed by atoms with van der Waals surface area (Å²) >= 11 is 7.46. The first-order valence-corrected chi connectivity index (χ1v) is 8.60. The number of carbonyl (C=O) groups is 1. The van der Waals surface area contributed by atoms with Gasteiger partial charge >= 0.3 is 0 Å². The Morgan fingerprint density at radius 1 is 1.18 bits per heavy atom. The van der Waals surface area contributed by atoms with Crippen LogP contribution >= 0.6 is 23.4 Å². The van der Waals surface area contributed by atoms with Gasteiger partial charge in [-0.3, -0.25) is 4.79 Å². The van der Waals surface area contributed by atoms with Crippen molar-refractivity contribution in [3.05, 3.63) is 64.7 Å². The molecule has 0 saturated carbocycles. The highest BCUT2D eigenvalue weighted by Gasteiger charge is 2.17. The van der Waals surface area contributed by atoms with E-state index in [0.29, 0.717) is 11.6 Å². The predicted molar refractivity (Wildman–Crippen MR) is 94.4 cm³/mol. The lowest BCUT2D eigenvalue weighted by atomic mass is 10.1. The quantitative estimate of drug-likeness (QED) is 0.767. The van der Waals surface area contributed by atoms with Gasteiger partial charge in [-0.1, -0.05) is 42.8 Å². The van der Waals surface area contributed by atoms with E-state index in [4.69, 9.17) is 11.6 Å². The number of rotatable bonds is 6. The number of carbonyl (C=O) groups excluding carboxylic acids is 1. The molecule has 0 saturated heterocycles. The molecule has 0 fully saturated rings. The minimum Gasteiger partial charge on any atom is -0.351 e. The Bertz CT molecular complexity index is 627. The Morgan fingerprint density at radius 2 is 1.86 bits per heavy atom. The van der Waals surface area contributed by atoms with Gasteiger partial charge in [-0.05, 0) is 48.7 Å². The van der Waals surface area contributed by atoms with Crippen molar-refractivity contribution in [2.24, 2.45) is 0 Å². The summed E-state index contributed by atoms with van der Waals surface area (Å²) in [4.78, 5) is 13.4. The largest absolute Gasteiger partial charge is 0.351 e. The molecule has 1 unspecified atom stereocenters. The molecule has 22 heavy (non-hydrogen) atoms. The van der Waals surface area contributed by atoms with Crippen molar-refractivity contribution in [3.8, 4) is 0 Å². The lowest BCUT2D eigenvalue weighted by Gasteiger charge is -2.15. The third-order valence-electron chi connectivity index (χ3n) is 3.47. The molecule has 116 valence electrons. The average Bonchev–Trinajstić information content (AvgIpc) is 2.53. The van der Waals surface area contributed by atoms with Crippen LogP contribution in [0.5, 0.6) is 0 Å². The van der Waals surface area contributed by atoms with Gasteiger partial charge < -0.3 is 5.32 Å². The number of thioether (sulfide) groups is 1. The molecule has 0 bridgehead atoms. The lowest BCUT2D eigenvalue weighted by molar-refractivity contribution is -0.120. The van der Waals surface area contributed by atoms with Crippen LogP contribution in [0.25, 0.3) is 0 Å². The summed E-state index contributed by atoms with van der Waals surface area (Å²) in [6.07, 6.45) is 0.785. The van der Waals surface area contributed by atoms with Crippen molar-refractivity contribution in [1.29, 1.82) is 0 Å². The summed E-state index contributed by atoms with van der Waals surface area (Å²) in [5.74, 6) is 0.0747. The van der Waals surface area contributed by atoms with Crippen molar-refractivity contribution in [1.82, 2.24) is 5.32 Å². The Kier molecular flexibility index (Phi) is 6.34. The monoisotopic (exact) mass is 333 g/mol. The van der Waals surface area contributed by atoms with Gasteiger partial charge in [-0.2, -0.15) is 0 Å². The van der Waals surface area contributed by atoms with Crippen LogP contribution < -0.4 is 5.32 Å². The number of nitrogens with one attached hydrogen (secondary N) is 1. The molecule has 0 aromatic heterocycles. The number of benzene rings is 2. The fraction of sp³-hybridized carbons (Fsp3) is 0.278. The molecule has 4 heteroatoms.